The van der Waals surface area contributed by atoms with Gasteiger partial charge < -0.3 is 5.73 Å². The summed E-state index contributed by atoms with van der Waals surface area (Å²) in [6, 6.07) is 6.35. The van der Waals surface area contributed by atoms with E-state index in [1.165, 1.54) is 12.1 Å². The second-order valence-corrected chi connectivity index (χ2v) is 3.28. The van der Waals surface area contributed by atoms with Crippen molar-refractivity contribution in [1.29, 1.82) is 0 Å². The first-order chi connectivity index (χ1) is 5.56. The molecule has 66 valence electrons. The summed E-state index contributed by atoms with van der Waals surface area (Å²) in [5, 5.41) is 0. The van der Waals surface area contributed by atoms with E-state index < -0.39 is 0 Å². The summed E-state index contributed by atoms with van der Waals surface area (Å²) in [6.45, 7) is 3.96. The van der Waals surface area contributed by atoms with Crippen molar-refractivity contribution in [3.63, 3.8) is 0 Å². The molecular formula is C10H14FN. The van der Waals surface area contributed by atoms with Gasteiger partial charge in [-0.15, -0.1) is 0 Å². The minimum atomic E-state index is -0.340. The van der Waals surface area contributed by atoms with Crippen LogP contribution in [0.1, 0.15) is 25.8 Å². The lowest BCUT2D eigenvalue weighted by Crippen LogP contribution is -2.31. The van der Waals surface area contributed by atoms with Crippen LogP contribution < -0.4 is 5.73 Å². The van der Waals surface area contributed by atoms with Crippen LogP contribution in [-0.4, -0.2) is 0 Å². The maximum atomic E-state index is 12.5. The Balaban J connectivity index is 2.96. The fourth-order valence-corrected chi connectivity index (χ4v) is 1.03. The second kappa shape index (κ2) is 3.23. The predicted molar refractivity (Wildman–Crippen MR) is 48.2 cm³/mol. The van der Waals surface area contributed by atoms with Crippen LogP contribution in [0.5, 0.6) is 0 Å². The first-order valence-electron chi connectivity index (χ1n) is 4.11. The minimum absolute atomic E-state index is 0.217. The zero-order valence-corrected chi connectivity index (χ0v) is 7.47. The molecule has 0 aliphatic rings. The summed E-state index contributed by atoms with van der Waals surface area (Å²) < 4.78 is 12.5. The first-order valence-corrected chi connectivity index (χ1v) is 4.11. The Morgan fingerprint density at radius 1 is 1.33 bits per heavy atom. The quantitative estimate of drug-likeness (QED) is 0.719. The normalized spacial score (nSPS) is 15.7. The van der Waals surface area contributed by atoms with Crippen LogP contribution in [0.4, 0.5) is 4.39 Å². The van der Waals surface area contributed by atoms with Crippen LogP contribution in [0.2, 0.25) is 0 Å². The average Bonchev–Trinajstić information content (AvgIpc) is 2.05. The van der Waals surface area contributed by atoms with Crippen LogP contribution in [0, 0.1) is 5.82 Å². The van der Waals surface area contributed by atoms with Crippen molar-refractivity contribution in [3.05, 3.63) is 35.6 Å². The second-order valence-electron chi connectivity index (χ2n) is 3.28. The average molecular weight is 167 g/mol. The Kier molecular flexibility index (Phi) is 2.48. The molecule has 1 aromatic rings. The molecule has 0 radical (unpaired) electrons. The lowest BCUT2D eigenvalue weighted by atomic mass is 9.91. The SMILES string of the molecule is CCC(C)(N)c1ccc(F)cc1. The van der Waals surface area contributed by atoms with Gasteiger partial charge in [0.1, 0.15) is 5.82 Å². The molecular weight excluding hydrogens is 153 g/mol. The van der Waals surface area contributed by atoms with Gasteiger partial charge in [-0.2, -0.15) is 0 Å². The molecule has 0 saturated carbocycles. The van der Waals surface area contributed by atoms with Crippen molar-refractivity contribution in [2.24, 2.45) is 5.73 Å². The van der Waals surface area contributed by atoms with Crippen molar-refractivity contribution in [3.8, 4) is 0 Å². The van der Waals surface area contributed by atoms with Gasteiger partial charge >= 0.3 is 0 Å². The standard InChI is InChI=1S/C10H14FN/c1-3-10(2,12)8-4-6-9(11)7-5-8/h4-7H,3,12H2,1-2H3. The molecule has 1 aromatic carbocycles. The van der Waals surface area contributed by atoms with E-state index in [-0.39, 0.29) is 11.4 Å². The molecule has 0 fully saturated rings. The van der Waals surface area contributed by atoms with E-state index in [0.717, 1.165) is 12.0 Å². The Labute approximate surface area is 72.4 Å². The van der Waals surface area contributed by atoms with Gasteiger partial charge in [-0.05, 0) is 31.0 Å². The Hall–Kier alpha value is -0.890. The molecule has 1 nitrogen and oxygen atoms in total. The fourth-order valence-electron chi connectivity index (χ4n) is 1.03. The van der Waals surface area contributed by atoms with Crippen LogP contribution >= 0.6 is 0 Å². The molecule has 2 N–H and O–H groups in total. The highest BCUT2D eigenvalue weighted by Gasteiger charge is 2.17. The number of halogens is 1. The zero-order valence-electron chi connectivity index (χ0n) is 7.47. The van der Waals surface area contributed by atoms with Gasteiger partial charge in [-0.1, -0.05) is 19.1 Å². The van der Waals surface area contributed by atoms with Crippen molar-refractivity contribution in [2.45, 2.75) is 25.8 Å². The zero-order chi connectivity index (χ0) is 9.19. The van der Waals surface area contributed by atoms with Crippen LogP contribution in [0.25, 0.3) is 0 Å². The van der Waals surface area contributed by atoms with E-state index in [4.69, 9.17) is 5.73 Å². The fraction of sp³-hybridized carbons (Fsp3) is 0.400. The molecule has 0 heterocycles. The smallest absolute Gasteiger partial charge is 0.123 e. The van der Waals surface area contributed by atoms with Crippen molar-refractivity contribution < 1.29 is 4.39 Å². The van der Waals surface area contributed by atoms with Gasteiger partial charge in [-0.3, -0.25) is 0 Å². The highest BCUT2D eigenvalue weighted by molar-refractivity contribution is 5.23. The van der Waals surface area contributed by atoms with Gasteiger partial charge in [0, 0.05) is 5.54 Å². The van der Waals surface area contributed by atoms with Crippen LogP contribution in [0.3, 0.4) is 0 Å². The maximum Gasteiger partial charge on any atom is 0.123 e. The lowest BCUT2D eigenvalue weighted by Gasteiger charge is -2.22. The van der Waals surface area contributed by atoms with Gasteiger partial charge in [-0.25, -0.2) is 4.39 Å². The van der Waals surface area contributed by atoms with E-state index in [9.17, 15) is 4.39 Å². The largest absolute Gasteiger partial charge is 0.322 e. The van der Waals surface area contributed by atoms with Crippen molar-refractivity contribution in [2.75, 3.05) is 0 Å². The number of nitrogens with two attached hydrogens (primary N) is 1. The molecule has 0 bridgehead atoms. The molecule has 12 heavy (non-hydrogen) atoms. The monoisotopic (exact) mass is 167 g/mol. The molecule has 0 aliphatic heterocycles. The number of benzene rings is 1. The highest BCUT2D eigenvalue weighted by Crippen LogP contribution is 2.20. The van der Waals surface area contributed by atoms with Gasteiger partial charge in [0.05, 0.1) is 0 Å². The molecule has 1 atom stereocenters. The van der Waals surface area contributed by atoms with Crippen molar-refractivity contribution >= 4 is 0 Å². The van der Waals surface area contributed by atoms with E-state index in [1.807, 2.05) is 13.8 Å². The summed E-state index contributed by atoms with van der Waals surface area (Å²) in [6.07, 6.45) is 0.846. The molecule has 0 amide bonds. The van der Waals surface area contributed by atoms with Crippen LogP contribution in [-0.2, 0) is 5.54 Å². The Morgan fingerprint density at radius 2 is 1.83 bits per heavy atom. The molecule has 0 saturated heterocycles. The molecule has 0 aliphatic carbocycles. The molecule has 0 aromatic heterocycles. The van der Waals surface area contributed by atoms with Crippen molar-refractivity contribution in [1.82, 2.24) is 0 Å². The Bertz CT molecular complexity index is 251. The van der Waals surface area contributed by atoms with E-state index in [2.05, 4.69) is 0 Å². The van der Waals surface area contributed by atoms with E-state index >= 15 is 0 Å². The third-order valence-corrected chi connectivity index (χ3v) is 2.24. The summed E-state index contributed by atoms with van der Waals surface area (Å²) in [4.78, 5) is 0. The predicted octanol–water partition coefficient (Wildman–Crippen LogP) is 2.41. The minimum Gasteiger partial charge on any atom is -0.322 e. The molecule has 1 rings (SSSR count). The summed E-state index contributed by atoms with van der Waals surface area (Å²) >= 11 is 0. The summed E-state index contributed by atoms with van der Waals surface area (Å²) in [5.41, 5.74) is 6.60. The third kappa shape index (κ3) is 1.83. The van der Waals surface area contributed by atoms with Crippen LogP contribution in [0.15, 0.2) is 24.3 Å². The highest BCUT2D eigenvalue weighted by atomic mass is 19.1. The number of hydrogen-bond donors (Lipinski definition) is 1. The Morgan fingerprint density at radius 3 is 2.25 bits per heavy atom. The number of hydrogen-bond acceptors (Lipinski definition) is 1. The molecule has 2 heteroatoms. The molecule has 0 spiro atoms. The summed E-state index contributed by atoms with van der Waals surface area (Å²) in [5.74, 6) is -0.217. The van der Waals surface area contributed by atoms with Gasteiger partial charge in [0.2, 0.25) is 0 Å². The number of rotatable bonds is 2. The van der Waals surface area contributed by atoms with E-state index in [1.54, 1.807) is 12.1 Å². The molecule has 1 unspecified atom stereocenters. The lowest BCUT2D eigenvalue weighted by molar-refractivity contribution is 0.475. The third-order valence-electron chi connectivity index (χ3n) is 2.24. The van der Waals surface area contributed by atoms with Gasteiger partial charge in [0.15, 0.2) is 0 Å². The topological polar surface area (TPSA) is 26.0 Å². The summed E-state index contributed by atoms with van der Waals surface area (Å²) in [7, 11) is 0. The van der Waals surface area contributed by atoms with Gasteiger partial charge in [0.25, 0.3) is 0 Å². The van der Waals surface area contributed by atoms with E-state index in [0.29, 0.717) is 0 Å². The maximum absolute atomic E-state index is 12.5. The first kappa shape index (κ1) is 9.20.